The highest BCUT2D eigenvalue weighted by Gasteiger charge is 2.17. The zero-order valence-corrected chi connectivity index (χ0v) is 16.0. The van der Waals surface area contributed by atoms with E-state index in [0.29, 0.717) is 16.3 Å². The SMILES string of the molecule is O=C(Nc1ccc2nc(N3CCOCC3)sc2c1)c1cccc(Cl)c1Cl. The van der Waals surface area contributed by atoms with E-state index in [9.17, 15) is 4.79 Å². The second-order valence-electron chi connectivity index (χ2n) is 5.83. The Kier molecular flexibility index (Phi) is 5.00. The summed E-state index contributed by atoms with van der Waals surface area (Å²) in [5, 5.41) is 4.45. The molecule has 0 radical (unpaired) electrons. The normalized spacial score (nSPS) is 14.6. The third kappa shape index (κ3) is 3.50. The minimum atomic E-state index is -0.297. The molecule has 0 unspecified atom stereocenters. The number of amides is 1. The number of morpholine rings is 1. The molecule has 0 saturated carbocycles. The molecule has 3 aromatic rings. The Labute approximate surface area is 164 Å². The van der Waals surface area contributed by atoms with Crippen molar-refractivity contribution < 1.29 is 9.53 Å². The van der Waals surface area contributed by atoms with Crippen molar-refractivity contribution in [2.75, 3.05) is 36.5 Å². The van der Waals surface area contributed by atoms with Crippen LogP contribution in [-0.2, 0) is 4.74 Å². The number of halogens is 2. The van der Waals surface area contributed by atoms with Gasteiger partial charge in [-0.3, -0.25) is 4.79 Å². The molecule has 26 heavy (non-hydrogen) atoms. The van der Waals surface area contributed by atoms with Gasteiger partial charge in [-0.25, -0.2) is 4.98 Å². The summed E-state index contributed by atoms with van der Waals surface area (Å²) in [6, 6.07) is 10.7. The number of benzene rings is 2. The number of carbonyl (C=O) groups excluding carboxylic acids is 1. The highest BCUT2D eigenvalue weighted by Crippen LogP contribution is 2.32. The van der Waals surface area contributed by atoms with Crippen LogP contribution in [0.3, 0.4) is 0 Å². The van der Waals surface area contributed by atoms with Crippen molar-refractivity contribution in [3.8, 4) is 0 Å². The van der Waals surface area contributed by atoms with Crippen molar-refractivity contribution >= 4 is 61.5 Å². The molecule has 8 heteroatoms. The van der Waals surface area contributed by atoms with Gasteiger partial charge < -0.3 is 15.0 Å². The van der Waals surface area contributed by atoms with Crippen LogP contribution in [0.4, 0.5) is 10.8 Å². The minimum Gasteiger partial charge on any atom is -0.378 e. The second-order valence-corrected chi connectivity index (χ2v) is 7.63. The molecule has 5 nitrogen and oxygen atoms in total. The molecule has 0 spiro atoms. The molecule has 1 N–H and O–H groups in total. The molecule has 0 atom stereocenters. The van der Waals surface area contributed by atoms with E-state index in [2.05, 4.69) is 15.2 Å². The van der Waals surface area contributed by atoms with Crippen LogP contribution in [0.2, 0.25) is 10.0 Å². The fraction of sp³-hybridized carbons (Fsp3) is 0.222. The van der Waals surface area contributed by atoms with Gasteiger partial charge in [0, 0.05) is 18.8 Å². The standard InChI is InChI=1S/C18H15Cl2N3O2S/c19-13-3-1-2-12(16(13)20)17(24)21-11-4-5-14-15(10-11)26-18(22-14)23-6-8-25-9-7-23/h1-5,10H,6-9H2,(H,21,24). The number of anilines is 2. The zero-order valence-electron chi connectivity index (χ0n) is 13.7. The number of rotatable bonds is 3. The molecule has 1 amide bonds. The lowest BCUT2D eigenvalue weighted by molar-refractivity contribution is 0.102. The van der Waals surface area contributed by atoms with Crippen LogP contribution in [0, 0.1) is 0 Å². The summed E-state index contributed by atoms with van der Waals surface area (Å²) in [5.41, 5.74) is 1.95. The molecule has 1 saturated heterocycles. The van der Waals surface area contributed by atoms with E-state index in [1.165, 1.54) is 0 Å². The maximum Gasteiger partial charge on any atom is 0.257 e. The lowest BCUT2D eigenvalue weighted by Gasteiger charge is -2.25. The summed E-state index contributed by atoms with van der Waals surface area (Å²) in [7, 11) is 0. The van der Waals surface area contributed by atoms with Crippen molar-refractivity contribution in [2.24, 2.45) is 0 Å². The predicted octanol–water partition coefficient (Wildman–Crippen LogP) is 4.69. The fourth-order valence-corrected chi connectivity index (χ4v) is 4.20. The average molecular weight is 408 g/mol. The van der Waals surface area contributed by atoms with E-state index in [0.717, 1.165) is 41.7 Å². The first-order valence-corrected chi connectivity index (χ1v) is 9.68. The Hall–Kier alpha value is -1.86. The van der Waals surface area contributed by atoms with Crippen LogP contribution in [0.15, 0.2) is 36.4 Å². The van der Waals surface area contributed by atoms with Gasteiger partial charge in [0.15, 0.2) is 5.13 Å². The molecule has 0 aliphatic carbocycles. The third-order valence-corrected chi connectivity index (χ3v) is 6.01. The van der Waals surface area contributed by atoms with E-state index in [1.54, 1.807) is 29.5 Å². The summed E-state index contributed by atoms with van der Waals surface area (Å²) in [6.45, 7) is 3.13. The maximum absolute atomic E-state index is 12.5. The van der Waals surface area contributed by atoms with Gasteiger partial charge in [-0.15, -0.1) is 0 Å². The Morgan fingerprint density at radius 1 is 1.19 bits per heavy atom. The van der Waals surface area contributed by atoms with Crippen LogP contribution in [0.5, 0.6) is 0 Å². The number of ether oxygens (including phenoxy) is 1. The second kappa shape index (κ2) is 7.40. The monoisotopic (exact) mass is 407 g/mol. The van der Waals surface area contributed by atoms with Gasteiger partial charge in [0.1, 0.15) is 0 Å². The number of hydrogen-bond donors (Lipinski definition) is 1. The number of thiazole rings is 1. The number of hydrogen-bond acceptors (Lipinski definition) is 5. The van der Waals surface area contributed by atoms with Crippen LogP contribution in [-0.4, -0.2) is 37.2 Å². The Morgan fingerprint density at radius 2 is 2.00 bits per heavy atom. The summed E-state index contributed by atoms with van der Waals surface area (Å²) < 4.78 is 6.40. The van der Waals surface area contributed by atoms with E-state index in [-0.39, 0.29) is 10.9 Å². The lowest BCUT2D eigenvalue weighted by atomic mass is 10.2. The quantitative estimate of drug-likeness (QED) is 0.683. The van der Waals surface area contributed by atoms with Crippen molar-refractivity contribution in [2.45, 2.75) is 0 Å². The average Bonchev–Trinajstić information content (AvgIpc) is 3.08. The molecule has 1 aliphatic rings. The zero-order chi connectivity index (χ0) is 18.1. The van der Waals surface area contributed by atoms with Crippen molar-refractivity contribution in [1.29, 1.82) is 0 Å². The molecule has 134 valence electrons. The van der Waals surface area contributed by atoms with Crippen molar-refractivity contribution in [3.63, 3.8) is 0 Å². The van der Waals surface area contributed by atoms with Crippen LogP contribution < -0.4 is 10.2 Å². The van der Waals surface area contributed by atoms with Gasteiger partial charge in [0.05, 0.1) is 39.0 Å². The number of carbonyl (C=O) groups is 1. The largest absolute Gasteiger partial charge is 0.378 e. The number of aromatic nitrogens is 1. The van der Waals surface area contributed by atoms with Gasteiger partial charge in [-0.1, -0.05) is 40.6 Å². The van der Waals surface area contributed by atoms with Crippen LogP contribution in [0.1, 0.15) is 10.4 Å². The molecular weight excluding hydrogens is 393 g/mol. The Bertz CT molecular complexity index is 970. The smallest absolute Gasteiger partial charge is 0.257 e. The van der Waals surface area contributed by atoms with Crippen LogP contribution >= 0.6 is 34.5 Å². The Balaban J connectivity index is 1.57. The van der Waals surface area contributed by atoms with Gasteiger partial charge in [-0.05, 0) is 30.3 Å². The van der Waals surface area contributed by atoms with Gasteiger partial charge in [0.25, 0.3) is 5.91 Å². The molecular formula is C18H15Cl2N3O2S. The summed E-state index contributed by atoms with van der Waals surface area (Å²) >= 11 is 13.7. The molecule has 1 aromatic heterocycles. The molecule has 2 aromatic carbocycles. The third-order valence-electron chi connectivity index (χ3n) is 4.11. The minimum absolute atomic E-state index is 0.250. The fourth-order valence-electron chi connectivity index (χ4n) is 2.76. The first-order chi connectivity index (χ1) is 12.6. The maximum atomic E-state index is 12.5. The number of nitrogens with zero attached hydrogens (tertiary/aromatic N) is 2. The first kappa shape index (κ1) is 17.5. The predicted molar refractivity (Wildman–Crippen MR) is 107 cm³/mol. The topological polar surface area (TPSA) is 54.5 Å². The van der Waals surface area contributed by atoms with Crippen LogP contribution in [0.25, 0.3) is 10.2 Å². The molecule has 4 rings (SSSR count). The summed E-state index contributed by atoms with van der Waals surface area (Å²) in [6.07, 6.45) is 0. The lowest BCUT2D eigenvalue weighted by Crippen LogP contribution is -2.36. The first-order valence-electron chi connectivity index (χ1n) is 8.10. The van der Waals surface area contributed by atoms with Gasteiger partial charge in [0.2, 0.25) is 0 Å². The van der Waals surface area contributed by atoms with E-state index >= 15 is 0 Å². The molecule has 2 heterocycles. The summed E-state index contributed by atoms with van der Waals surface area (Å²) in [4.78, 5) is 19.4. The highest BCUT2D eigenvalue weighted by molar-refractivity contribution is 7.22. The number of fused-ring (bicyclic) bond motifs is 1. The van der Waals surface area contributed by atoms with Crippen molar-refractivity contribution in [3.05, 3.63) is 52.0 Å². The van der Waals surface area contributed by atoms with E-state index < -0.39 is 0 Å². The molecule has 0 bridgehead atoms. The van der Waals surface area contributed by atoms with E-state index in [1.807, 2.05) is 18.2 Å². The summed E-state index contributed by atoms with van der Waals surface area (Å²) in [5.74, 6) is -0.297. The van der Waals surface area contributed by atoms with Gasteiger partial charge >= 0.3 is 0 Å². The molecule has 1 aliphatic heterocycles. The Morgan fingerprint density at radius 3 is 2.81 bits per heavy atom. The molecule has 1 fully saturated rings. The van der Waals surface area contributed by atoms with Crippen molar-refractivity contribution in [1.82, 2.24) is 4.98 Å². The number of nitrogens with one attached hydrogen (secondary N) is 1. The van der Waals surface area contributed by atoms with E-state index in [4.69, 9.17) is 27.9 Å². The van der Waals surface area contributed by atoms with Gasteiger partial charge in [-0.2, -0.15) is 0 Å². The highest BCUT2D eigenvalue weighted by atomic mass is 35.5.